The van der Waals surface area contributed by atoms with Crippen molar-refractivity contribution in [2.45, 2.75) is 0 Å². The Kier molecular flexibility index (Phi) is 3.88. The number of aromatic nitrogens is 3. The Balaban J connectivity index is 1.37. The van der Waals surface area contributed by atoms with Crippen LogP contribution in [-0.2, 0) is 0 Å². The number of amides is 1. The molecule has 0 saturated heterocycles. The second-order valence-corrected chi connectivity index (χ2v) is 7.55. The number of carbonyl (C=O) groups excluding carboxylic acids is 1. The second-order valence-electron chi connectivity index (χ2n) is 5.99. The molecule has 5 nitrogen and oxygen atoms in total. The molecule has 5 rings (SSSR count). The number of nitrogens with zero attached hydrogens (tertiary/aromatic N) is 3. The Morgan fingerprint density at radius 2 is 1.67 bits per heavy atom. The highest BCUT2D eigenvalue weighted by Gasteiger charge is 2.10. The number of hydrogen-bond donors (Lipinski definition) is 1. The fourth-order valence-electron chi connectivity index (χ4n) is 2.82. The van der Waals surface area contributed by atoms with E-state index in [9.17, 15) is 4.79 Å². The quantitative estimate of drug-likeness (QED) is 0.460. The summed E-state index contributed by atoms with van der Waals surface area (Å²) >= 11 is 2.80. The highest BCUT2D eigenvalue weighted by Crippen LogP contribution is 2.30. The monoisotopic (exact) mass is 388 g/mol. The fourth-order valence-corrected chi connectivity index (χ4v) is 4.31. The number of para-hydroxylation sites is 1. The van der Waals surface area contributed by atoms with E-state index in [1.54, 1.807) is 23.5 Å². The number of rotatable bonds is 3. The minimum absolute atomic E-state index is 0.169. The van der Waals surface area contributed by atoms with Gasteiger partial charge in [0.2, 0.25) is 0 Å². The van der Waals surface area contributed by atoms with Gasteiger partial charge in [0.25, 0.3) is 5.91 Å². The van der Waals surface area contributed by atoms with Gasteiger partial charge in [-0.3, -0.25) is 4.79 Å². The highest BCUT2D eigenvalue weighted by atomic mass is 32.1. The molecule has 0 bridgehead atoms. The Morgan fingerprint density at radius 3 is 2.52 bits per heavy atom. The first-order valence-corrected chi connectivity index (χ1v) is 9.81. The van der Waals surface area contributed by atoms with Crippen molar-refractivity contribution in [3.8, 4) is 10.6 Å². The van der Waals surface area contributed by atoms with Crippen LogP contribution in [0.2, 0.25) is 0 Å². The molecular formula is C20H12N4OS2. The molecule has 3 aromatic carbocycles. The number of benzene rings is 3. The van der Waals surface area contributed by atoms with E-state index in [0.29, 0.717) is 5.56 Å². The van der Waals surface area contributed by atoms with Gasteiger partial charge in [-0.25, -0.2) is 4.98 Å². The first-order valence-electron chi connectivity index (χ1n) is 8.26. The number of carbonyl (C=O) groups is 1. The molecule has 27 heavy (non-hydrogen) atoms. The molecule has 0 unspecified atom stereocenters. The molecule has 2 heterocycles. The molecule has 0 aliphatic carbocycles. The molecule has 0 radical (unpaired) electrons. The maximum Gasteiger partial charge on any atom is 0.255 e. The van der Waals surface area contributed by atoms with E-state index in [2.05, 4.69) is 25.1 Å². The molecule has 0 fully saturated rings. The molecule has 0 saturated carbocycles. The van der Waals surface area contributed by atoms with Crippen molar-refractivity contribution in [1.82, 2.24) is 13.7 Å². The van der Waals surface area contributed by atoms with Gasteiger partial charge in [-0.2, -0.15) is 8.75 Å². The molecule has 2 aromatic heterocycles. The lowest BCUT2D eigenvalue weighted by molar-refractivity contribution is 0.102. The van der Waals surface area contributed by atoms with Crippen LogP contribution in [0.1, 0.15) is 10.4 Å². The Labute approximate surface area is 162 Å². The Morgan fingerprint density at radius 1 is 0.852 bits per heavy atom. The zero-order chi connectivity index (χ0) is 18.2. The van der Waals surface area contributed by atoms with Gasteiger partial charge in [-0.05, 0) is 54.6 Å². The predicted molar refractivity (Wildman–Crippen MR) is 110 cm³/mol. The van der Waals surface area contributed by atoms with Crippen LogP contribution >= 0.6 is 23.1 Å². The predicted octanol–water partition coefficient (Wildman–Crippen LogP) is 5.22. The minimum atomic E-state index is -0.169. The van der Waals surface area contributed by atoms with Crippen molar-refractivity contribution in [3.05, 3.63) is 72.3 Å². The molecule has 0 aliphatic heterocycles. The van der Waals surface area contributed by atoms with Crippen molar-refractivity contribution < 1.29 is 4.79 Å². The SMILES string of the molecule is O=C(Nc1ccc(-c2nc3ccccc3s2)cc1)c1ccc2nsnc2c1. The zero-order valence-electron chi connectivity index (χ0n) is 13.9. The van der Waals surface area contributed by atoms with Crippen LogP contribution in [0, 0.1) is 0 Å². The topological polar surface area (TPSA) is 67.8 Å². The largest absolute Gasteiger partial charge is 0.322 e. The van der Waals surface area contributed by atoms with Crippen LogP contribution in [0.3, 0.4) is 0 Å². The van der Waals surface area contributed by atoms with Crippen molar-refractivity contribution >= 4 is 55.9 Å². The number of hydrogen-bond acceptors (Lipinski definition) is 6. The van der Waals surface area contributed by atoms with E-state index < -0.39 is 0 Å². The van der Waals surface area contributed by atoms with E-state index in [1.807, 2.05) is 48.5 Å². The maximum absolute atomic E-state index is 12.5. The Bertz CT molecular complexity index is 1240. The summed E-state index contributed by atoms with van der Waals surface area (Å²) in [4.78, 5) is 17.2. The van der Waals surface area contributed by atoms with E-state index in [4.69, 9.17) is 0 Å². The molecule has 1 amide bonds. The summed E-state index contributed by atoms with van der Waals surface area (Å²) in [7, 11) is 0. The van der Waals surface area contributed by atoms with Gasteiger partial charge in [0.15, 0.2) is 0 Å². The molecule has 0 aliphatic rings. The van der Waals surface area contributed by atoms with Crippen molar-refractivity contribution in [2.75, 3.05) is 5.32 Å². The molecule has 0 atom stereocenters. The molecular weight excluding hydrogens is 376 g/mol. The molecule has 1 N–H and O–H groups in total. The van der Waals surface area contributed by atoms with Gasteiger partial charge in [0.1, 0.15) is 16.0 Å². The van der Waals surface area contributed by atoms with E-state index in [0.717, 1.165) is 49.2 Å². The second kappa shape index (κ2) is 6.53. The average molecular weight is 388 g/mol. The van der Waals surface area contributed by atoms with Gasteiger partial charge in [-0.1, -0.05) is 12.1 Å². The van der Waals surface area contributed by atoms with Crippen LogP contribution < -0.4 is 5.32 Å². The summed E-state index contributed by atoms with van der Waals surface area (Å²) in [5.41, 5.74) is 4.87. The Hall–Kier alpha value is -3.16. The summed E-state index contributed by atoms with van der Waals surface area (Å²) in [6.07, 6.45) is 0. The number of thiazole rings is 1. The minimum Gasteiger partial charge on any atom is -0.322 e. The van der Waals surface area contributed by atoms with E-state index in [-0.39, 0.29) is 5.91 Å². The first kappa shape index (κ1) is 16.0. The van der Waals surface area contributed by atoms with Crippen molar-refractivity contribution in [3.63, 3.8) is 0 Å². The number of nitrogens with one attached hydrogen (secondary N) is 1. The lowest BCUT2D eigenvalue weighted by Gasteiger charge is -2.06. The van der Waals surface area contributed by atoms with E-state index >= 15 is 0 Å². The van der Waals surface area contributed by atoms with Crippen LogP contribution in [0.5, 0.6) is 0 Å². The van der Waals surface area contributed by atoms with Crippen LogP contribution in [0.15, 0.2) is 66.7 Å². The summed E-state index contributed by atoms with van der Waals surface area (Å²) in [6, 6.07) is 21.1. The fraction of sp³-hybridized carbons (Fsp3) is 0. The van der Waals surface area contributed by atoms with Crippen LogP contribution in [0.4, 0.5) is 5.69 Å². The first-order chi connectivity index (χ1) is 13.3. The summed E-state index contributed by atoms with van der Waals surface area (Å²) in [6.45, 7) is 0. The normalized spacial score (nSPS) is 11.1. The number of anilines is 1. The standard InChI is InChI=1S/C20H12N4OS2/c25-19(13-7-10-15-17(11-13)24-27-23-15)21-14-8-5-12(6-9-14)20-22-16-3-1-2-4-18(16)26-20/h1-11H,(H,21,25). The molecule has 0 spiro atoms. The summed E-state index contributed by atoms with van der Waals surface area (Å²) in [5.74, 6) is -0.169. The van der Waals surface area contributed by atoms with Gasteiger partial charge in [0, 0.05) is 16.8 Å². The average Bonchev–Trinajstić information content (AvgIpc) is 3.34. The smallest absolute Gasteiger partial charge is 0.255 e. The third-order valence-corrected chi connectivity index (χ3v) is 5.84. The van der Waals surface area contributed by atoms with Gasteiger partial charge in [0.05, 0.1) is 21.9 Å². The van der Waals surface area contributed by atoms with E-state index in [1.165, 1.54) is 0 Å². The lowest BCUT2D eigenvalue weighted by atomic mass is 10.1. The molecule has 130 valence electrons. The lowest BCUT2D eigenvalue weighted by Crippen LogP contribution is -2.11. The van der Waals surface area contributed by atoms with Gasteiger partial charge < -0.3 is 5.32 Å². The van der Waals surface area contributed by atoms with Crippen LogP contribution in [-0.4, -0.2) is 19.6 Å². The van der Waals surface area contributed by atoms with Gasteiger partial charge >= 0.3 is 0 Å². The third kappa shape index (κ3) is 3.07. The zero-order valence-corrected chi connectivity index (χ0v) is 15.6. The summed E-state index contributed by atoms with van der Waals surface area (Å²) < 4.78 is 9.49. The van der Waals surface area contributed by atoms with Crippen LogP contribution in [0.25, 0.3) is 31.8 Å². The highest BCUT2D eigenvalue weighted by molar-refractivity contribution is 7.21. The molecule has 7 heteroatoms. The summed E-state index contributed by atoms with van der Waals surface area (Å²) in [5, 5.41) is 3.89. The van der Waals surface area contributed by atoms with Crippen molar-refractivity contribution in [2.24, 2.45) is 0 Å². The van der Waals surface area contributed by atoms with Crippen molar-refractivity contribution in [1.29, 1.82) is 0 Å². The third-order valence-electron chi connectivity index (χ3n) is 4.20. The molecule has 5 aromatic rings. The maximum atomic E-state index is 12.5. The number of fused-ring (bicyclic) bond motifs is 2. The van der Waals surface area contributed by atoms with Gasteiger partial charge in [-0.15, -0.1) is 11.3 Å².